The summed E-state index contributed by atoms with van der Waals surface area (Å²) >= 11 is 18.0. The first-order valence-corrected chi connectivity index (χ1v) is 10.5. The molecule has 0 unspecified atom stereocenters. The number of carbonyl (C=O) groups is 2. The normalized spacial score (nSPS) is 14.7. The molecule has 1 saturated heterocycles. The smallest absolute Gasteiger partial charge is 0.238 e. The molecular formula is C21H22Cl3N3O2. The first-order valence-electron chi connectivity index (χ1n) is 9.32. The molecule has 0 atom stereocenters. The Labute approximate surface area is 185 Å². The Morgan fingerprint density at radius 2 is 1.55 bits per heavy atom. The van der Waals surface area contributed by atoms with Gasteiger partial charge in [0.2, 0.25) is 11.8 Å². The number of nitrogens with zero attached hydrogens (tertiary/aromatic N) is 2. The summed E-state index contributed by atoms with van der Waals surface area (Å²) < 4.78 is 0. The van der Waals surface area contributed by atoms with Crippen molar-refractivity contribution in [1.29, 1.82) is 0 Å². The highest BCUT2D eigenvalue weighted by Gasteiger charge is 2.22. The van der Waals surface area contributed by atoms with Crippen LogP contribution in [0.25, 0.3) is 0 Å². The number of hydrogen-bond acceptors (Lipinski definition) is 3. The average Bonchev–Trinajstić information content (AvgIpc) is 2.68. The number of halogens is 3. The van der Waals surface area contributed by atoms with Crippen molar-refractivity contribution in [3.05, 3.63) is 62.6 Å². The van der Waals surface area contributed by atoms with Gasteiger partial charge >= 0.3 is 0 Å². The molecule has 1 aliphatic rings. The highest BCUT2D eigenvalue weighted by atomic mass is 35.5. The number of hydrogen-bond donors (Lipinski definition) is 1. The Morgan fingerprint density at radius 3 is 2.21 bits per heavy atom. The zero-order chi connectivity index (χ0) is 21.0. The van der Waals surface area contributed by atoms with E-state index in [4.69, 9.17) is 34.8 Å². The van der Waals surface area contributed by atoms with E-state index in [2.05, 4.69) is 5.32 Å². The molecule has 1 fully saturated rings. The summed E-state index contributed by atoms with van der Waals surface area (Å²) in [6.07, 6.45) is 0.399. The van der Waals surface area contributed by atoms with Crippen LogP contribution in [0, 0.1) is 6.92 Å². The second kappa shape index (κ2) is 9.81. The Kier molecular flexibility index (Phi) is 7.41. The summed E-state index contributed by atoms with van der Waals surface area (Å²) in [5.41, 5.74) is 2.62. The van der Waals surface area contributed by atoms with E-state index in [-0.39, 0.29) is 18.4 Å². The fourth-order valence-corrected chi connectivity index (χ4v) is 3.75. The maximum atomic E-state index is 12.5. The van der Waals surface area contributed by atoms with Crippen molar-refractivity contribution in [3.8, 4) is 0 Å². The van der Waals surface area contributed by atoms with E-state index >= 15 is 0 Å². The largest absolute Gasteiger partial charge is 0.340 e. The molecule has 0 aliphatic carbocycles. The first kappa shape index (κ1) is 21.9. The molecule has 0 spiro atoms. The van der Waals surface area contributed by atoms with E-state index in [1.807, 2.05) is 41.0 Å². The second-order valence-electron chi connectivity index (χ2n) is 7.11. The molecule has 2 aromatic rings. The van der Waals surface area contributed by atoms with Crippen molar-refractivity contribution in [1.82, 2.24) is 9.80 Å². The minimum atomic E-state index is -0.190. The summed E-state index contributed by atoms with van der Waals surface area (Å²) in [6.45, 7) is 4.73. The number of carbonyl (C=O) groups excluding carboxylic acids is 2. The maximum absolute atomic E-state index is 12.5. The van der Waals surface area contributed by atoms with E-state index < -0.39 is 0 Å². The van der Waals surface area contributed by atoms with E-state index in [1.165, 1.54) is 17.7 Å². The Morgan fingerprint density at radius 1 is 0.931 bits per heavy atom. The summed E-state index contributed by atoms with van der Waals surface area (Å²) in [5.74, 6) is -0.0785. The lowest BCUT2D eigenvalue weighted by Gasteiger charge is -2.34. The van der Waals surface area contributed by atoms with Crippen molar-refractivity contribution in [2.24, 2.45) is 0 Å². The number of anilines is 1. The quantitative estimate of drug-likeness (QED) is 0.686. The number of benzene rings is 2. The van der Waals surface area contributed by atoms with Gasteiger partial charge in [0.05, 0.1) is 33.7 Å². The summed E-state index contributed by atoms with van der Waals surface area (Å²) in [5, 5.41) is 3.75. The highest BCUT2D eigenvalue weighted by Crippen LogP contribution is 2.32. The van der Waals surface area contributed by atoms with Crippen molar-refractivity contribution in [2.75, 3.05) is 38.0 Å². The van der Waals surface area contributed by atoms with Crippen LogP contribution in [-0.2, 0) is 16.0 Å². The van der Waals surface area contributed by atoms with Crippen molar-refractivity contribution in [3.63, 3.8) is 0 Å². The molecule has 1 N–H and O–H groups in total. The van der Waals surface area contributed by atoms with Crippen LogP contribution in [0.2, 0.25) is 15.1 Å². The Bertz CT molecular complexity index is 895. The zero-order valence-electron chi connectivity index (χ0n) is 16.1. The topological polar surface area (TPSA) is 52.7 Å². The van der Waals surface area contributed by atoms with Gasteiger partial charge in [-0.2, -0.15) is 0 Å². The molecule has 154 valence electrons. The van der Waals surface area contributed by atoms with Crippen LogP contribution >= 0.6 is 34.8 Å². The van der Waals surface area contributed by atoms with E-state index in [0.29, 0.717) is 53.4 Å². The molecule has 2 aromatic carbocycles. The molecule has 1 heterocycles. The minimum absolute atomic E-state index is 0.112. The van der Waals surface area contributed by atoms with Gasteiger partial charge in [0.15, 0.2) is 0 Å². The lowest BCUT2D eigenvalue weighted by molar-refractivity contribution is -0.132. The third-order valence-electron chi connectivity index (χ3n) is 4.85. The Balaban J connectivity index is 1.47. The maximum Gasteiger partial charge on any atom is 0.238 e. The lowest BCUT2D eigenvalue weighted by Crippen LogP contribution is -2.50. The predicted octanol–water partition coefficient (Wildman–Crippen LogP) is 4.28. The lowest BCUT2D eigenvalue weighted by atomic mass is 10.1. The van der Waals surface area contributed by atoms with Crippen LogP contribution in [-0.4, -0.2) is 54.3 Å². The molecule has 0 radical (unpaired) electrons. The van der Waals surface area contributed by atoms with Gasteiger partial charge in [0.1, 0.15) is 0 Å². The highest BCUT2D eigenvalue weighted by molar-refractivity contribution is 6.44. The summed E-state index contributed by atoms with van der Waals surface area (Å²) in [7, 11) is 0. The van der Waals surface area contributed by atoms with Crippen LogP contribution in [0.15, 0.2) is 36.4 Å². The van der Waals surface area contributed by atoms with Crippen LogP contribution in [0.1, 0.15) is 11.1 Å². The van der Waals surface area contributed by atoms with Gasteiger partial charge in [0.25, 0.3) is 0 Å². The van der Waals surface area contributed by atoms with E-state index in [0.717, 1.165) is 5.56 Å². The first-order chi connectivity index (χ1) is 13.8. The molecule has 2 amide bonds. The van der Waals surface area contributed by atoms with Gasteiger partial charge in [-0.25, -0.2) is 0 Å². The molecule has 5 nitrogen and oxygen atoms in total. The van der Waals surface area contributed by atoms with Crippen molar-refractivity contribution < 1.29 is 9.59 Å². The van der Waals surface area contributed by atoms with Gasteiger partial charge in [-0.3, -0.25) is 14.5 Å². The number of aryl methyl sites for hydroxylation is 1. The third kappa shape index (κ3) is 6.09. The van der Waals surface area contributed by atoms with Crippen LogP contribution < -0.4 is 5.32 Å². The summed E-state index contributed by atoms with van der Waals surface area (Å²) in [4.78, 5) is 28.7. The number of amides is 2. The molecule has 0 bridgehead atoms. The van der Waals surface area contributed by atoms with Crippen LogP contribution in [0.5, 0.6) is 0 Å². The summed E-state index contributed by atoms with van der Waals surface area (Å²) in [6, 6.07) is 11.0. The second-order valence-corrected chi connectivity index (χ2v) is 8.34. The predicted molar refractivity (Wildman–Crippen MR) is 118 cm³/mol. The van der Waals surface area contributed by atoms with Crippen molar-refractivity contribution >= 4 is 52.3 Å². The van der Waals surface area contributed by atoms with Gasteiger partial charge in [-0.05, 0) is 24.6 Å². The standard InChI is InChI=1S/C21H22Cl3N3O2/c1-14-2-4-15(5-3-14)10-21(29)27-8-6-26(7-9-27)13-20(28)25-19-12-17(23)16(22)11-18(19)24/h2-5,11-12H,6-10,13H2,1H3,(H,25,28). The number of nitrogens with one attached hydrogen (secondary N) is 1. The van der Waals surface area contributed by atoms with Gasteiger partial charge in [-0.15, -0.1) is 0 Å². The number of rotatable bonds is 5. The zero-order valence-corrected chi connectivity index (χ0v) is 18.3. The van der Waals surface area contributed by atoms with Crippen LogP contribution in [0.4, 0.5) is 5.69 Å². The fraction of sp³-hybridized carbons (Fsp3) is 0.333. The van der Waals surface area contributed by atoms with Gasteiger partial charge in [0, 0.05) is 26.2 Å². The molecular weight excluding hydrogens is 433 g/mol. The molecule has 0 saturated carbocycles. The molecule has 8 heteroatoms. The van der Waals surface area contributed by atoms with E-state index in [1.54, 1.807) is 0 Å². The van der Waals surface area contributed by atoms with E-state index in [9.17, 15) is 9.59 Å². The van der Waals surface area contributed by atoms with Crippen molar-refractivity contribution in [2.45, 2.75) is 13.3 Å². The molecule has 29 heavy (non-hydrogen) atoms. The van der Waals surface area contributed by atoms with Gasteiger partial charge < -0.3 is 10.2 Å². The average molecular weight is 455 g/mol. The molecule has 1 aliphatic heterocycles. The monoisotopic (exact) mass is 453 g/mol. The SMILES string of the molecule is Cc1ccc(CC(=O)N2CCN(CC(=O)Nc3cc(Cl)c(Cl)cc3Cl)CC2)cc1. The molecule has 3 rings (SSSR count). The minimum Gasteiger partial charge on any atom is -0.340 e. The number of piperazine rings is 1. The van der Waals surface area contributed by atoms with Gasteiger partial charge in [-0.1, -0.05) is 64.6 Å². The third-order valence-corrected chi connectivity index (χ3v) is 5.89. The Hall–Kier alpha value is -1.79. The van der Waals surface area contributed by atoms with Crippen LogP contribution in [0.3, 0.4) is 0 Å². The molecule has 0 aromatic heterocycles. The fourth-order valence-electron chi connectivity index (χ4n) is 3.16.